The second-order valence-corrected chi connectivity index (χ2v) is 11.8. The van der Waals surface area contributed by atoms with E-state index in [1.54, 1.807) is 17.4 Å². The lowest BCUT2D eigenvalue weighted by Crippen LogP contribution is -2.27. The monoisotopic (exact) mass is 550 g/mol. The number of thiophene rings is 1. The fourth-order valence-electron chi connectivity index (χ4n) is 4.35. The lowest BCUT2D eigenvalue weighted by Gasteiger charge is -2.33. The molecule has 1 atom stereocenters. The maximum absolute atomic E-state index is 13.4. The molecule has 0 bridgehead atoms. The lowest BCUT2D eigenvalue weighted by molar-refractivity contribution is 0.102. The number of para-hydroxylation sites is 1. The number of hydrogen-bond acceptors (Lipinski definition) is 4. The maximum atomic E-state index is 13.4. The number of anilines is 1. The molecule has 0 unspecified atom stereocenters. The first-order valence-corrected chi connectivity index (χ1v) is 13.5. The van der Waals surface area contributed by atoms with E-state index in [1.165, 1.54) is 4.88 Å². The van der Waals surface area contributed by atoms with Gasteiger partial charge in [-0.25, -0.2) is 4.99 Å². The van der Waals surface area contributed by atoms with Crippen LogP contribution in [-0.4, -0.2) is 18.7 Å². The van der Waals surface area contributed by atoms with Crippen molar-refractivity contribution in [1.29, 1.82) is 0 Å². The van der Waals surface area contributed by atoms with Gasteiger partial charge in [0, 0.05) is 16.8 Å². The van der Waals surface area contributed by atoms with Crippen molar-refractivity contribution in [2.75, 3.05) is 11.9 Å². The maximum Gasteiger partial charge on any atom is 0.259 e. The van der Waals surface area contributed by atoms with Gasteiger partial charge in [0.05, 0.1) is 10.0 Å². The smallest absolute Gasteiger partial charge is 0.259 e. The molecular formula is C29H31BrN2O2S. The van der Waals surface area contributed by atoms with Crippen molar-refractivity contribution in [3.8, 4) is 5.75 Å². The molecule has 35 heavy (non-hydrogen) atoms. The van der Waals surface area contributed by atoms with E-state index >= 15 is 0 Å². The Kier molecular flexibility index (Phi) is 7.92. The first-order valence-electron chi connectivity index (χ1n) is 11.8. The third-order valence-electron chi connectivity index (χ3n) is 6.37. The van der Waals surface area contributed by atoms with Gasteiger partial charge in [0.1, 0.15) is 17.4 Å². The van der Waals surface area contributed by atoms with Gasteiger partial charge in [0.2, 0.25) is 0 Å². The van der Waals surface area contributed by atoms with Crippen LogP contribution in [0.15, 0.2) is 70.7 Å². The molecule has 0 spiro atoms. The summed E-state index contributed by atoms with van der Waals surface area (Å²) >= 11 is 5.22. The minimum absolute atomic E-state index is 0.0931. The molecular weight excluding hydrogens is 520 g/mol. The predicted octanol–water partition coefficient (Wildman–Crippen LogP) is 8.23. The van der Waals surface area contributed by atoms with E-state index in [-0.39, 0.29) is 11.3 Å². The Hall–Kier alpha value is -2.70. The molecule has 1 aliphatic carbocycles. The molecule has 0 saturated heterocycles. The van der Waals surface area contributed by atoms with Gasteiger partial charge in [0.15, 0.2) is 0 Å². The number of benzene rings is 2. The summed E-state index contributed by atoms with van der Waals surface area (Å²) in [7, 11) is 0. The number of halogens is 1. The minimum Gasteiger partial charge on any atom is -0.488 e. The second-order valence-electron chi connectivity index (χ2n) is 9.86. The summed E-state index contributed by atoms with van der Waals surface area (Å²) in [6.07, 6.45) is 6.51. The summed E-state index contributed by atoms with van der Waals surface area (Å²) in [6, 6.07) is 15.4. The molecule has 1 amide bonds. The first kappa shape index (κ1) is 25.4. The molecule has 6 heteroatoms. The van der Waals surface area contributed by atoms with Gasteiger partial charge in [-0.2, -0.15) is 0 Å². The van der Waals surface area contributed by atoms with Gasteiger partial charge in [-0.1, -0.05) is 51.6 Å². The lowest BCUT2D eigenvalue weighted by atomic mass is 9.72. The normalized spacial score (nSPS) is 15.6. The fraction of sp³-hybridized carbons (Fsp3) is 0.310. The Morgan fingerprint density at radius 3 is 2.71 bits per heavy atom. The van der Waals surface area contributed by atoms with Crippen LogP contribution < -0.4 is 10.1 Å². The van der Waals surface area contributed by atoms with Crippen molar-refractivity contribution in [1.82, 2.24) is 0 Å². The van der Waals surface area contributed by atoms with Gasteiger partial charge in [0.25, 0.3) is 5.91 Å². The Morgan fingerprint density at radius 1 is 1.26 bits per heavy atom. The summed E-state index contributed by atoms with van der Waals surface area (Å²) in [4.78, 5) is 19.6. The van der Waals surface area contributed by atoms with Gasteiger partial charge >= 0.3 is 0 Å². The van der Waals surface area contributed by atoms with Crippen LogP contribution in [0.2, 0.25) is 0 Å². The minimum atomic E-state index is -0.0931. The summed E-state index contributed by atoms with van der Waals surface area (Å²) < 4.78 is 6.49. The molecule has 4 nitrogen and oxygen atoms in total. The van der Waals surface area contributed by atoms with E-state index in [4.69, 9.17) is 9.73 Å². The number of rotatable bonds is 7. The molecule has 1 aromatic heterocycles. The van der Waals surface area contributed by atoms with Crippen molar-refractivity contribution in [2.24, 2.45) is 16.3 Å². The van der Waals surface area contributed by atoms with E-state index < -0.39 is 0 Å². The average molecular weight is 552 g/mol. The van der Waals surface area contributed by atoms with Crippen LogP contribution in [0.5, 0.6) is 5.75 Å². The highest BCUT2D eigenvalue weighted by atomic mass is 79.9. The molecule has 1 heterocycles. The first-order chi connectivity index (χ1) is 16.8. The highest BCUT2D eigenvalue weighted by Crippen LogP contribution is 2.45. The largest absolute Gasteiger partial charge is 0.488 e. The number of nitrogens with one attached hydrogen (secondary N) is 1. The molecule has 1 N–H and O–H groups in total. The van der Waals surface area contributed by atoms with Crippen molar-refractivity contribution < 1.29 is 9.53 Å². The van der Waals surface area contributed by atoms with Crippen molar-refractivity contribution >= 4 is 50.1 Å². The SMILES string of the molecule is C=CCOc1ccc(C=Nc2sc3c(c2C(=O)Nc2ccccc2)CC[C@@H](C(C)(C)C)C3)cc1Br. The van der Waals surface area contributed by atoms with Gasteiger partial charge in [-0.15, -0.1) is 11.3 Å². The van der Waals surface area contributed by atoms with Crippen molar-refractivity contribution in [3.05, 3.63) is 87.2 Å². The van der Waals surface area contributed by atoms with Crippen LogP contribution in [0.3, 0.4) is 0 Å². The van der Waals surface area contributed by atoms with Crippen LogP contribution in [0.4, 0.5) is 10.7 Å². The summed E-state index contributed by atoms with van der Waals surface area (Å²) in [5.74, 6) is 1.25. The van der Waals surface area contributed by atoms with Crippen LogP contribution in [0.25, 0.3) is 0 Å². The summed E-state index contributed by atoms with van der Waals surface area (Å²) in [5.41, 5.74) is 3.82. The Bertz CT molecular complexity index is 1240. The zero-order chi connectivity index (χ0) is 25.0. The Labute approximate surface area is 220 Å². The molecule has 2 aromatic carbocycles. The molecule has 182 valence electrons. The van der Waals surface area contributed by atoms with Crippen molar-refractivity contribution in [2.45, 2.75) is 40.0 Å². The number of nitrogens with zero attached hydrogens (tertiary/aromatic N) is 1. The van der Waals surface area contributed by atoms with Gasteiger partial charge in [-0.05, 0) is 88.0 Å². The molecule has 0 radical (unpaired) electrons. The highest BCUT2D eigenvalue weighted by molar-refractivity contribution is 9.10. The zero-order valence-corrected chi connectivity index (χ0v) is 22.8. The molecule has 3 aromatic rings. The van der Waals surface area contributed by atoms with Crippen LogP contribution in [0, 0.1) is 11.3 Å². The number of ether oxygens (including phenoxy) is 1. The van der Waals surface area contributed by atoms with Gasteiger partial charge < -0.3 is 10.1 Å². The number of amides is 1. The quantitative estimate of drug-likeness (QED) is 0.238. The number of carbonyl (C=O) groups excluding carboxylic acids is 1. The van der Waals surface area contributed by atoms with Crippen LogP contribution in [-0.2, 0) is 12.8 Å². The summed E-state index contributed by atoms with van der Waals surface area (Å²) in [6.45, 7) is 11.0. The fourth-order valence-corrected chi connectivity index (χ4v) is 6.13. The summed E-state index contributed by atoms with van der Waals surface area (Å²) in [5, 5.41) is 3.84. The van der Waals surface area contributed by atoms with Gasteiger partial charge in [-0.3, -0.25) is 4.79 Å². The Morgan fingerprint density at radius 2 is 2.03 bits per heavy atom. The number of aliphatic imine (C=N–C) groups is 1. The van der Waals surface area contributed by atoms with Crippen LogP contribution in [0.1, 0.15) is 53.6 Å². The highest BCUT2D eigenvalue weighted by Gasteiger charge is 2.33. The molecule has 4 rings (SSSR count). The topological polar surface area (TPSA) is 50.7 Å². The third kappa shape index (κ3) is 6.11. The number of fused-ring (bicyclic) bond motifs is 1. The molecule has 1 aliphatic rings. The number of hydrogen-bond donors (Lipinski definition) is 1. The van der Waals surface area contributed by atoms with E-state index in [1.807, 2.05) is 54.7 Å². The van der Waals surface area contributed by atoms with Crippen LogP contribution >= 0.6 is 27.3 Å². The number of carbonyl (C=O) groups is 1. The van der Waals surface area contributed by atoms with E-state index in [0.717, 1.165) is 51.3 Å². The van der Waals surface area contributed by atoms with Crippen molar-refractivity contribution in [3.63, 3.8) is 0 Å². The van der Waals surface area contributed by atoms with E-state index in [2.05, 4.69) is 48.6 Å². The Balaban J connectivity index is 1.66. The standard InChI is InChI=1S/C29H31BrN2O2S/c1-5-15-34-24-14-11-19(16-23(24)30)18-31-28-26(27(33)32-21-9-7-6-8-10-21)22-13-12-20(29(2,3)4)17-25(22)35-28/h5-11,14,16,18,20H,1,12-13,15,17H2,2-4H3,(H,32,33)/t20-/m1/s1. The molecule has 0 aliphatic heterocycles. The molecule has 0 saturated carbocycles. The van der Waals surface area contributed by atoms with E-state index in [9.17, 15) is 4.79 Å². The zero-order valence-electron chi connectivity index (χ0n) is 20.4. The average Bonchev–Trinajstić information content (AvgIpc) is 3.20. The molecule has 0 fully saturated rings. The van der Waals surface area contributed by atoms with E-state index in [0.29, 0.717) is 18.1 Å². The predicted molar refractivity (Wildman–Crippen MR) is 151 cm³/mol. The third-order valence-corrected chi connectivity index (χ3v) is 8.16. The second kappa shape index (κ2) is 10.9.